The van der Waals surface area contributed by atoms with Crippen LogP contribution in [0.15, 0.2) is 29.3 Å². The molecule has 3 rings (SSSR count). The number of likely N-dealkylation sites (N-methyl/N-ethyl adjacent to an activating group) is 1. The van der Waals surface area contributed by atoms with Gasteiger partial charge >= 0.3 is 0 Å². The van der Waals surface area contributed by atoms with Crippen LogP contribution in [-0.2, 0) is 12.8 Å². The van der Waals surface area contributed by atoms with Gasteiger partial charge in [-0.15, -0.1) is 24.0 Å². The Labute approximate surface area is 144 Å². The zero-order chi connectivity index (χ0) is 14.0. The van der Waals surface area contributed by atoms with Crippen molar-refractivity contribution in [2.75, 3.05) is 33.7 Å². The highest BCUT2D eigenvalue weighted by Crippen LogP contribution is 2.32. The molecule has 0 saturated carbocycles. The predicted octanol–water partition coefficient (Wildman–Crippen LogP) is 1.64. The number of halogens is 1. The van der Waals surface area contributed by atoms with Crippen molar-refractivity contribution < 1.29 is 0 Å². The summed E-state index contributed by atoms with van der Waals surface area (Å²) in [6.45, 7) is 2.89. The van der Waals surface area contributed by atoms with Crippen molar-refractivity contribution in [1.82, 2.24) is 15.5 Å². The number of hydrogen-bond donors (Lipinski definition) is 2. The van der Waals surface area contributed by atoms with Crippen LogP contribution in [0, 0.1) is 0 Å². The average Bonchev–Trinajstić information content (AvgIpc) is 2.86. The zero-order valence-electron chi connectivity index (χ0n) is 12.9. The van der Waals surface area contributed by atoms with Gasteiger partial charge < -0.3 is 15.5 Å². The molecule has 116 valence electrons. The van der Waals surface area contributed by atoms with E-state index in [0.717, 1.165) is 44.9 Å². The minimum atomic E-state index is 0. The molecule has 0 saturated heterocycles. The quantitative estimate of drug-likeness (QED) is 0.759. The second-order valence-electron chi connectivity index (χ2n) is 6.11. The summed E-state index contributed by atoms with van der Waals surface area (Å²) >= 11 is 0. The maximum Gasteiger partial charge on any atom is 0.191 e. The Morgan fingerprint density at radius 3 is 2.43 bits per heavy atom. The minimum absolute atomic E-state index is 0. The molecule has 21 heavy (non-hydrogen) atoms. The van der Waals surface area contributed by atoms with Gasteiger partial charge in [-0.2, -0.15) is 0 Å². The van der Waals surface area contributed by atoms with E-state index < -0.39 is 0 Å². The molecule has 0 aromatic heterocycles. The maximum atomic E-state index is 4.51. The van der Waals surface area contributed by atoms with Gasteiger partial charge in [-0.05, 0) is 44.5 Å². The third-order valence-electron chi connectivity index (χ3n) is 4.59. The number of rotatable bonds is 3. The first-order valence-corrected chi connectivity index (χ1v) is 7.46. The Balaban J connectivity index is 0.00000161. The first-order chi connectivity index (χ1) is 9.70. The fourth-order valence-electron chi connectivity index (χ4n) is 3.17. The zero-order valence-corrected chi connectivity index (χ0v) is 15.2. The molecule has 0 atom stereocenters. The number of benzene rings is 1. The van der Waals surface area contributed by atoms with E-state index in [4.69, 9.17) is 0 Å². The lowest BCUT2D eigenvalue weighted by molar-refractivity contribution is 0.164. The molecule has 0 radical (unpaired) electrons. The van der Waals surface area contributed by atoms with Gasteiger partial charge in [-0.3, -0.25) is 4.99 Å². The summed E-state index contributed by atoms with van der Waals surface area (Å²) in [5.41, 5.74) is 3.13. The second-order valence-corrected chi connectivity index (χ2v) is 6.11. The number of aliphatic imine (C=N–C) groups is 1. The van der Waals surface area contributed by atoms with Crippen LogP contribution in [0.25, 0.3) is 0 Å². The van der Waals surface area contributed by atoms with Crippen molar-refractivity contribution in [2.45, 2.75) is 24.8 Å². The van der Waals surface area contributed by atoms with E-state index in [-0.39, 0.29) is 29.5 Å². The van der Waals surface area contributed by atoms with Gasteiger partial charge in [0.15, 0.2) is 5.96 Å². The maximum absolute atomic E-state index is 4.51. The van der Waals surface area contributed by atoms with E-state index >= 15 is 0 Å². The molecule has 0 spiro atoms. The molecule has 5 heteroatoms. The lowest BCUT2D eigenvalue weighted by atomic mass is 9.94. The first kappa shape index (κ1) is 16.5. The lowest BCUT2D eigenvalue weighted by Crippen LogP contribution is -2.55. The Hall–Kier alpha value is -0.820. The highest BCUT2D eigenvalue weighted by molar-refractivity contribution is 14.0. The Kier molecular flexibility index (Phi) is 5.48. The van der Waals surface area contributed by atoms with Crippen molar-refractivity contribution in [3.05, 3.63) is 35.4 Å². The van der Waals surface area contributed by atoms with E-state index in [9.17, 15) is 0 Å². The molecule has 1 aromatic carbocycles. The monoisotopic (exact) mass is 400 g/mol. The molecule has 1 aliphatic carbocycles. The summed E-state index contributed by atoms with van der Waals surface area (Å²) < 4.78 is 0. The SMILES string of the molecule is CN(C)C1(CNC2=NCCCN2)Cc2ccccc2C1.I. The molecule has 2 N–H and O–H groups in total. The normalized spacial score (nSPS) is 19.3. The van der Waals surface area contributed by atoms with Gasteiger partial charge in [0.1, 0.15) is 0 Å². The molecule has 1 aromatic rings. The molecule has 4 nitrogen and oxygen atoms in total. The van der Waals surface area contributed by atoms with Crippen LogP contribution >= 0.6 is 24.0 Å². The highest BCUT2D eigenvalue weighted by atomic mass is 127. The van der Waals surface area contributed by atoms with Gasteiger partial charge in [-0.25, -0.2) is 0 Å². The number of nitrogens with zero attached hydrogens (tertiary/aromatic N) is 2. The highest BCUT2D eigenvalue weighted by Gasteiger charge is 2.39. The fourth-order valence-corrected chi connectivity index (χ4v) is 3.17. The van der Waals surface area contributed by atoms with Crippen molar-refractivity contribution >= 4 is 29.9 Å². The van der Waals surface area contributed by atoms with Gasteiger partial charge in [0.2, 0.25) is 0 Å². The van der Waals surface area contributed by atoms with Crippen molar-refractivity contribution in [1.29, 1.82) is 0 Å². The summed E-state index contributed by atoms with van der Waals surface area (Å²) in [5, 5.41) is 6.86. The first-order valence-electron chi connectivity index (χ1n) is 7.46. The fraction of sp³-hybridized carbons (Fsp3) is 0.562. The molecular weight excluding hydrogens is 375 g/mol. The van der Waals surface area contributed by atoms with Gasteiger partial charge in [0.05, 0.1) is 0 Å². The predicted molar refractivity (Wildman–Crippen MR) is 98.6 cm³/mol. The van der Waals surface area contributed by atoms with E-state index in [2.05, 4.69) is 58.9 Å². The standard InChI is InChI=1S/C16H24N4.HI/c1-20(2)16(12-19-15-17-8-5-9-18-15)10-13-6-3-4-7-14(13)11-16;/h3-4,6-7H,5,8-12H2,1-2H3,(H2,17,18,19);1H. The molecule has 1 heterocycles. The van der Waals surface area contributed by atoms with Crippen molar-refractivity contribution in [3.8, 4) is 0 Å². The van der Waals surface area contributed by atoms with E-state index in [1.165, 1.54) is 11.1 Å². The van der Waals surface area contributed by atoms with Gasteiger partial charge in [0, 0.05) is 25.2 Å². The van der Waals surface area contributed by atoms with E-state index in [0.29, 0.717) is 0 Å². The smallest absolute Gasteiger partial charge is 0.191 e. The van der Waals surface area contributed by atoms with E-state index in [1.807, 2.05) is 0 Å². The Bertz CT molecular complexity index is 488. The largest absolute Gasteiger partial charge is 0.356 e. The minimum Gasteiger partial charge on any atom is -0.356 e. The van der Waals surface area contributed by atoms with Crippen LogP contribution in [0.4, 0.5) is 0 Å². The number of fused-ring (bicyclic) bond motifs is 1. The molecule has 1 aliphatic heterocycles. The molecular formula is C16H25IN4. The van der Waals surface area contributed by atoms with Crippen LogP contribution in [0.2, 0.25) is 0 Å². The number of guanidine groups is 1. The summed E-state index contributed by atoms with van der Waals surface area (Å²) in [4.78, 5) is 6.87. The average molecular weight is 400 g/mol. The summed E-state index contributed by atoms with van der Waals surface area (Å²) in [6, 6.07) is 8.81. The van der Waals surface area contributed by atoms with Crippen molar-refractivity contribution in [3.63, 3.8) is 0 Å². The molecule has 0 bridgehead atoms. The van der Waals surface area contributed by atoms with Crippen LogP contribution in [-0.4, -0.2) is 50.1 Å². The summed E-state index contributed by atoms with van der Waals surface area (Å²) in [6.07, 6.45) is 3.35. The Morgan fingerprint density at radius 2 is 1.90 bits per heavy atom. The Morgan fingerprint density at radius 1 is 1.24 bits per heavy atom. The summed E-state index contributed by atoms with van der Waals surface area (Å²) in [7, 11) is 4.37. The van der Waals surface area contributed by atoms with E-state index in [1.54, 1.807) is 0 Å². The lowest BCUT2D eigenvalue weighted by Gasteiger charge is -2.37. The molecule has 0 unspecified atom stereocenters. The van der Waals surface area contributed by atoms with Crippen molar-refractivity contribution in [2.24, 2.45) is 4.99 Å². The van der Waals surface area contributed by atoms with Crippen LogP contribution in [0.1, 0.15) is 17.5 Å². The van der Waals surface area contributed by atoms with Crippen LogP contribution < -0.4 is 10.6 Å². The number of hydrogen-bond acceptors (Lipinski definition) is 4. The van der Waals surface area contributed by atoms with Gasteiger partial charge in [-0.1, -0.05) is 24.3 Å². The topological polar surface area (TPSA) is 39.7 Å². The molecule has 0 fully saturated rings. The molecule has 2 aliphatic rings. The van der Waals surface area contributed by atoms with Crippen LogP contribution in [0.3, 0.4) is 0 Å². The molecule has 0 amide bonds. The summed E-state index contributed by atoms with van der Waals surface area (Å²) in [5.74, 6) is 0.966. The third-order valence-corrected chi connectivity index (χ3v) is 4.59. The van der Waals surface area contributed by atoms with Gasteiger partial charge in [0.25, 0.3) is 0 Å². The number of nitrogens with one attached hydrogen (secondary N) is 2. The third kappa shape index (κ3) is 3.51. The van der Waals surface area contributed by atoms with Crippen LogP contribution in [0.5, 0.6) is 0 Å². The second kappa shape index (κ2) is 6.96.